The number of ether oxygens (including phenoxy) is 2. The van der Waals surface area contributed by atoms with Crippen molar-refractivity contribution in [3.63, 3.8) is 0 Å². The molecule has 0 saturated carbocycles. The molecule has 110 valence electrons. The van der Waals surface area contributed by atoms with E-state index >= 15 is 0 Å². The third kappa shape index (κ3) is 4.77. The first-order chi connectivity index (χ1) is 8.53. The van der Waals surface area contributed by atoms with E-state index in [2.05, 4.69) is 33.9 Å². The van der Waals surface area contributed by atoms with Crippen LogP contribution in [0.4, 0.5) is 4.79 Å². The molecule has 0 amide bonds. The second kappa shape index (κ2) is 6.16. The van der Waals surface area contributed by atoms with Gasteiger partial charge in [0.25, 0.3) is 0 Å². The molecule has 0 spiro atoms. The van der Waals surface area contributed by atoms with Gasteiger partial charge in [0.05, 0.1) is 6.61 Å². The average molecular weight is 307 g/mol. The highest BCUT2D eigenvalue weighted by molar-refractivity contribution is 6.74. The predicted molar refractivity (Wildman–Crippen MR) is 81.1 cm³/mol. The van der Waals surface area contributed by atoms with Crippen molar-refractivity contribution < 1.29 is 18.7 Å². The minimum absolute atomic E-state index is 0.0639. The van der Waals surface area contributed by atoms with Crippen LogP contribution >= 0.6 is 11.6 Å². The Labute approximate surface area is 122 Å². The fraction of sp³-hybridized carbons (Fsp3) is 0.917. The first-order valence-electron chi connectivity index (χ1n) is 6.68. The van der Waals surface area contributed by atoms with Gasteiger partial charge in [0.1, 0.15) is 20.1 Å². The first-order valence-corrected chi connectivity index (χ1v) is 9.97. The van der Waals surface area contributed by atoms with E-state index in [0.717, 1.165) is 0 Å². The molecule has 0 N–H and O–H groups in total. The summed E-state index contributed by atoms with van der Waals surface area (Å²) in [6, 6.07) is 0.0639. The van der Waals surface area contributed by atoms with E-state index in [1.807, 2.05) is 7.85 Å². The molecule has 1 aliphatic heterocycles. The maximum Gasteiger partial charge on any atom is 0.404 e. The molecule has 0 aliphatic carbocycles. The van der Waals surface area contributed by atoms with E-state index in [4.69, 9.17) is 25.5 Å². The maximum absolute atomic E-state index is 10.9. The van der Waals surface area contributed by atoms with Gasteiger partial charge in [0.15, 0.2) is 8.32 Å². The number of carbonyl (C=O) groups is 1. The molecule has 0 aromatic carbocycles. The molecule has 0 aromatic heterocycles. The van der Waals surface area contributed by atoms with E-state index in [1.54, 1.807) is 0 Å². The van der Waals surface area contributed by atoms with Crippen LogP contribution in [0.15, 0.2) is 0 Å². The summed E-state index contributed by atoms with van der Waals surface area (Å²) in [5.41, 5.74) is -0.778. The number of carbonyl (C=O) groups excluding carboxylic acids is 1. The van der Waals surface area contributed by atoms with Crippen LogP contribution in [0.5, 0.6) is 0 Å². The lowest BCUT2D eigenvalue weighted by molar-refractivity contribution is -0.00336. The molecule has 4 nitrogen and oxygen atoms in total. The summed E-state index contributed by atoms with van der Waals surface area (Å²) in [5, 5.41) is 0.149. The molecule has 0 radical (unpaired) electrons. The fourth-order valence-electron chi connectivity index (χ4n) is 1.82. The molecule has 0 aromatic rings. The van der Waals surface area contributed by atoms with Gasteiger partial charge in [-0.1, -0.05) is 20.8 Å². The molecule has 0 bridgehead atoms. The van der Waals surface area contributed by atoms with Crippen LogP contribution in [0.3, 0.4) is 0 Å². The Bertz CT molecular complexity index is 332. The lowest BCUT2D eigenvalue weighted by Crippen LogP contribution is -2.44. The van der Waals surface area contributed by atoms with Crippen LogP contribution in [0.25, 0.3) is 0 Å². The Hall–Kier alpha value is -0.0382. The lowest BCUT2D eigenvalue weighted by atomic mass is 9.96. The molecular formula is C12H24BClO4Si. The van der Waals surface area contributed by atoms with E-state index in [1.165, 1.54) is 0 Å². The Balaban J connectivity index is 2.58. The lowest BCUT2D eigenvalue weighted by Gasteiger charge is -2.37. The molecule has 1 saturated heterocycles. The summed E-state index contributed by atoms with van der Waals surface area (Å²) >= 11 is 5.28. The van der Waals surface area contributed by atoms with Crippen molar-refractivity contribution in [2.75, 3.05) is 6.61 Å². The summed E-state index contributed by atoms with van der Waals surface area (Å²) in [5.74, 6) is 0. The molecule has 19 heavy (non-hydrogen) atoms. The second-order valence-electron chi connectivity index (χ2n) is 6.69. The molecule has 0 unspecified atom stereocenters. The number of hydrogen-bond acceptors (Lipinski definition) is 4. The van der Waals surface area contributed by atoms with Crippen molar-refractivity contribution in [3.8, 4) is 0 Å². The Kier molecular flexibility index (Phi) is 5.52. The highest BCUT2D eigenvalue weighted by Gasteiger charge is 2.41. The van der Waals surface area contributed by atoms with Gasteiger partial charge in [-0.25, -0.2) is 4.79 Å². The zero-order valence-electron chi connectivity index (χ0n) is 12.7. The van der Waals surface area contributed by atoms with Crippen LogP contribution < -0.4 is 0 Å². The number of halogens is 1. The van der Waals surface area contributed by atoms with Crippen molar-refractivity contribution in [2.24, 2.45) is 0 Å². The molecule has 3 atom stereocenters. The molecule has 1 rings (SSSR count). The minimum Gasteiger partial charge on any atom is -0.447 e. The fourth-order valence-corrected chi connectivity index (χ4v) is 2.95. The van der Waals surface area contributed by atoms with Crippen molar-refractivity contribution in [3.05, 3.63) is 0 Å². The Morgan fingerprint density at radius 1 is 1.47 bits per heavy atom. The van der Waals surface area contributed by atoms with E-state index in [9.17, 15) is 4.79 Å². The minimum atomic E-state index is -1.82. The summed E-state index contributed by atoms with van der Waals surface area (Å²) in [6.07, 6.45) is 0.154. The van der Waals surface area contributed by atoms with Gasteiger partial charge < -0.3 is 13.9 Å². The van der Waals surface area contributed by atoms with E-state index in [-0.39, 0.29) is 23.2 Å². The quantitative estimate of drug-likeness (QED) is 0.591. The number of rotatable bonds is 4. The van der Waals surface area contributed by atoms with Crippen LogP contribution in [-0.2, 0) is 13.9 Å². The Morgan fingerprint density at radius 2 is 2.05 bits per heavy atom. The van der Waals surface area contributed by atoms with Crippen molar-refractivity contribution >= 4 is 33.2 Å². The zero-order chi connectivity index (χ0) is 14.8. The average Bonchev–Trinajstić information content (AvgIpc) is 2.53. The SMILES string of the molecule is B[C@H]1C[C@@H](OC(=O)Cl)[C@@H](CO[Si](C)(C)C(C)(C)C)O1. The monoisotopic (exact) mass is 306 g/mol. The first kappa shape index (κ1) is 17.0. The highest BCUT2D eigenvalue weighted by Crippen LogP contribution is 2.37. The maximum atomic E-state index is 10.9. The van der Waals surface area contributed by atoms with Crippen LogP contribution in [0.2, 0.25) is 18.1 Å². The largest absolute Gasteiger partial charge is 0.447 e. The summed E-state index contributed by atoms with van der Waals surface area (Å²) in [4.78, 5) is 10.9. The third-order valence-electron chi connectivity index (χ3n) is 4.04. The van der Waals surface area contributed by atoms with Crippen molar-refractivity contribution in [2.45, 2.75) is 63.5 Å². The van der Waals surface area contributed by atoms with Crippen LogP contribution in [-0.4, -0.2) is 46.4 Å². The van der Waals surface area contributed by atoms with Crippen molar-refractivity contribution in [1.82, 2.24) is 0 Å². The van der Waals surface area contributed by atoms with Gasteiger partial charge >= 0.3 is 5.43 Å². The number of hydrogen-bond donors (Lipinski definition) is 0. The van der Waals surface area contributed by atoms with Gasteiger partial charge in [0, 0.05) is 24.0 Å². The van der Waals surface area contributed by atoms with Crippen molar-refractivity contribution in [1.29, 1.82) is 0 Å². The zero-order valence-corrected chi connectivity index (χ0v) is 14.4. The molecule has 1 fully saturated rings. The molecule has 1 heterocycles. The molecular weight excluding hydrogens is 282 g/mol. The van der Waals surface area contributed by atoms with Gasteiger partial charge in [0.2, 0.25) is 0 Å². The summed E-state index contributed by atoms with van der Waals surface area (Å²) in [7, 11) is 0.142. The highest BCUT2D eigenvalue weighted by atomic mass is 35.5. The topological polar surface area (TPSA) is 44.8 Å². The van der Waals surface area contributed by atoms with Gasteiger partial charge in [-0.3, -0.25) is 0 Å². The predicted octanol–water partition coefficient (Wildman–Crippen LogP) is 2.50. The van der Waals surface area contributed by atoms with Crippen LogP contribution in [0, 0.1) is 0 Å². The van der Waals surface area contributed by atoms with Crippen LogP contribution in [0.1, 0.15) is 27.2 Å². The van der Waals surface area contributed by atoms with E-state index < -0.39 is 13.7 Å². The summed E-state index contributed by atoms with van der Waals surface area (Å²) < 4.78 is 16.9. The standard InChI is InChI=1S/C12H24BClO4Si/c1-12(2,3)19(4,5)16-7-9-8(18-11(14)15)6-10(13)17-9/h8-10H,6-7,13H2,1-5H3/t8-,9-,10-/m1/s1. The van der Waals surface area contributed by atoms with E-state index in [0.29, 0.717) is 13.0 Å². The second-order valence-corrected chi connectivity index (χ2v) is 11.8. The van der Waals surface area contributed by atoms with Gasteiger partial charge in [-0.15, -0.1) is 0 Å². The van der Waals surface area contributed by atoms with Gasteiger partial charge in [-0.05, 0) is 18.1 Å². The smallest absolute Gasteiger partial charge is 0.404 e. The Morgan fingerprint density at radius 3 is 2.53 bits per heavy atom. The normalized spacial score (nSPS) is 28.4. The molecule has 1 aliphatic rings. The molecule has 7 heteroatoms. The summed E-state index contributed by atoms with van der Waals surface area (Å²) in [6.45, 7) is 11.4. The third-order valence-corrected chi connectivity index (χ3v) is 8.63. The van der Waals surface area contributed by atoms with Gasteiger partial charge in [-0.2, -0.15) is 0 Å².